The third-order valence-electron chi connectivity index (χ3n) is 4.54. The van der Waals surface area contributed by atoms with Gasteiger partial charge in [0.2, 0.25) is 5.91 Å². The summed E-state index contributed by atoms with van der Waals surface area (Å²) in [7, 11) is 0. The maximum Gasteiger partial charge on any atom is 0.303 e. The SMILES string of the molecule is NCCCCC(N)c1cn([C@@H](CCC(=O)O)C(=O)N2CCNCC2)nn1. The van der Waals surface area contributed by atoms with Crippen LogP contribution in [0.5, 0.6) is 0 Å². The van der Waals surface area contributed by atoms with Crippen molar-refractivity contribution in [2.75, 3.05) is 32.7 Å². The van der Waals surface area contributed by atoms with Crippen molar-refractivity contribution in [1.82, 2.24) is 25.2 Å². The second kappa shape index (κ2) is 10.2. The Morgan fingerprint density at radius 2 is 2.00 bits per heavy atom. The van der Waals surface area contributed by atoms with E-state index in [9.17, 15) is 9.59 Å². The molecule has 0 bridgehead atoms. The van der Waals surface area contributed by atoms with E-state index in [4.69, 9.17) is 16.6 Å². The van der Waals surface area contributed by atoms with Crippen LogP contribution in [0.25, 0.3) is 0 Å². The van der Waals surface area contributed by atoms with E-state index < -0.39 is 12.0 Å². The van der Waals surface area contributed by atoms with Gasteiger partial charge in [0, 0.05) is 32.6 Å². The van der Waals surface area contributed by atoms with Gasteiger partial charge in [-0.1, -0.05) is 11.6 Å². The Morgan fingerprint density at radius 1 is 1.27 bits per heavy atom. The van der Waals surface area contributed by atoms with Gasteiger partial charge in [0.05, 0.1) is 17.9 Å². The molecule has 1 aromatic heterocycles. The maximum atomic E-state index is 12.9. The molecule has 0 spiro atoms. The quantitative estimate of drug-likeness (QED) is 0.394. The van der Waals surface area contributed by atoms with Crippen LogP contribution < -0.4 is 16.8 Å². The standard InChI is InChI=1S/C16H29N7O3/c17-6-2-1-3-12(18)13-11-23(21-20-13)14(4-5-15(24)25)16(26)22-9-7-19-8-10-22/h11-12,14,19H,1-10,17-18H2,(H,24,25)/t12?,14-/m0/s1. The van der Waals surface area contributed by atoms with Crippen molar-refractivity contribution in [2.24, 2.45) is 11.5 Å². The Labute approximate surface area is 152 Å². The van der Waals surface area contributed by atoms with Gasteiger partial charge in [-0.3, -0.25) is 9.59 Å². The van der Waals surface area contributed by atoms with Crippen molar-refractivity contribution >= 4 is 11.9 Å². The van der Waals surface area contributed by atoms with Crippen LogP contribution in [0.15, 0.2) is 6.20 Å². The van der Waals surface area contributed by atoms with E-state index in [2.05, 4.69) is 15.6 Å². The molecule has 1 unspecified atom stereocenters. The molecule has 1 saturated heterocycles. The summed E-state index contributed by atoms with van der Waals surface area (Å²) in [5, 5.41) is 20.4. The average Bonchev–Trinajstić information content (AvgIpc) is 3.12. The first-order chi connectivity index (χ1) is 12.5. The third kappa shape index (κ3) is 5.75. The molecule has 6 N–H and O–H groups in total. The highest BCUT2D eigenvalue weighted by atomic mass is 16.4. The first kappa shape index (κ1) is 20.3. The predicted molar refractivity (Wildman–Crippen MR) is 95.2 cm³/mol. The van der Waals surface area contributed by atoms with Gasteiger partial charge in [-0.05, 0) is 25.8 Å². The molecule has 1 aliphatic rings. The number of nitrogens with one attached hydrogen (secondary N) is 1. The molecule has 146 valence electrons. The van der Waals surface area contributed by atoms with Gasteiger partial charge in [-0.25, -0.2) is 4.68 Å². The molecule has 1 aromatic rings. The van der Waals surface area contributed by atoms with Crippen LogP contribution >= 0.6 is 0 Å². The van der Waals surface area contributed by atoms with Crippen LogP contribution in [0.2, 0.25) is 0 Å². The Hall–Kier alpha value is -2.04. The molecule has 10 nitrogen and oxygen atoms in total. The van der Waals surface area contributed by atoms with Crippen LogP contribution in [0.3, 0.4) is 0 Å². The zero-order valence-electron chi connectivity index (χ0n) is 15.0. The monoisotopic (exact) mass is 367 g/mol. The number of carbonyl (C=O) groups excluding carboxylic acids is 1. The van der Waals surface area contributed by atoms with E-state index in [1.54, 1.807) is 11.1 Å². The highest BCUT2D eigenvalue weighted by Crippen LogP contribution is 2.20. The molecule has 2 atom stereocenters. The van der Waals surface area contributed by atoms with Gasteiger partial charge in [0.1, 0.15) is 6.04 Å². The first-order valence-electron chi connectivity index (χ1n) is 9.11. The fourth-order valence-electron chi connectivity index (χ4n) is 2.99. The average molecular weight is 367 g/mol. The summed E-state index contributed by atoms with van der Waals surface area (Å²) in [4.78, 5) is 25.6. The minimum absolute atomic E-state index is 0.111. The van der Waals surface area contributed by atoms with Gasteiger partial charge in [0.15, 0.2) is 0 Å². The number of unbranched alkanes of at least 4 members (excludes halogenated alkanes) is 1. The molecule has 0 aromatic carbocycles. The molecule has 0 saturated carbocycles. The van der Waals surface area contributed by atoms with Crippen molar-refractivity contribution in [3.63, 3.8) is 0 Å². The lowest BCUT2D eigenvalue weighted by molar-refractivity contribution is -0.139. The van der Waals surface area contributed by atoms with Crippen LogP contribution in [0, 0.1) is 0 Å². The number of amides is 1. The Bertz CT molecular complexity index is 586. The normalized spacial score (nSPS) is 17.1. The van der Waals surface area contributed by atoms with Crippen molar-refractivity contribution in [1.29, 1.82) is 0 Å². The number of aromatic nitrogens is 3. The topological polar surface area (TPSA) is 152 Å². The fourth-order valence-corrected chi connectivity index (χ4v) is 2.99. The molecule has 2 heterocycles. The number of carboxylic acid groups (broad SMARTS) is 1. The van der Waals surface area contributed by atoms with Gasteiger partial charge < -0.3 is 26.8 Å². The summed E-state index contributed by atoms with van der Waals surface area (Å²) in [5.74, 6) is -1.07. The van der Waals surface area contributed by atoms with E-state index in [0.29, 0.717) is 25.3 Å². The Balaban J connectivity index is 2.09. The molecule has 0 aliphatic carbocycles. The van der Waals surface area contributed by atoms with E-state index >= 15 is 0 Å². The number of nitrogens with two attached hydrogens (primary N) is 2. The maximum absolute atomic E-state index is 12.9. The fraction of sp³-hybridized carbons (Fsp3) is 0.750. The number of rotatable bonds is 10. The molecule has 1 aliphatic heterocycles. The number of piperazine rings is 1. The minimum atomic E-state index is -0.943. The second-order valence-electron chi connectivity index (χ2n) is 6.54. The Kier molecular flexibility index (Phi) is 7.95. The highest BCUT2D eigenvalue weighted by Gasteiger charge is 2.29. The van der Waals surface area contributed by atoms with Gasteiger partial charge >= 0.3 is 5.97 Å². The number of hydrogen-bond acceptors (Lipinski definition) is 7. The lowest BCUT2D eigenvalue weighted by Crippen LogP contribution is -2.48. The van der Waals surface area contributed by atoms with Crippen LogP contribution in [-0.2, 0) is 9.59 Å². The van der Waals surface area contributed by atoms with Gasteiger partial charge in [0.25, 0.3) is 0 Å². The number of hydrogen-bond donors (Lipinski definition) is 4. The van der Waals surface area contributed by atoms with Crippen molar-refractivity contribution in [2.45, 2.75) is 44.2 Å². The van der Waals surface area contributed by atoms with E-state index in [1.165, 1.54) is 4.68 Å². The molecule has 1 amide bonds. The predicted octanol–water partition coefficient (Wildman–Crippen LogP) is -0.755. The summed E-state index contributed by atoms with van der Waals surface area (Å²) < 4.78 is 1.46. The van der Waals surface area contributed by atoms with Gasteiger partial charge in [-0.2, -0.15) is 0 Å². The summed E-state index contributed by atoms with van der Waals surface area (Å²) in [6.45, 7) is 3.28. The second-order valence-corrected chi connectivity index (χ2v) is 6.54. The van der Waals surface area contributed by atoms with Crippen molar-refractivity contribution < 1.29 is 14.7 Å². The largest absolute Gasteiger partial charge is 0.481 e. The Morgan fingerprint density at radius 3 is 2.65 bits per heavy atom. The number of nitrogens with zero attached hydrogens (tertiary/aromatic N) is 4. The van der Waals surface area contributed by atoms with Gasteiger partial charge in [-0.15, -0.1) is 5.10 Å². The minimum Gasteiger partial charge on any atom is -0.481 e. The molecular weight excluding hydrogens is 338 g/mol. The summed E-state index contributed by atoms with van der Waals surface area (Å²) in [6, 6.07) is -0.952. The van der Waals surface area contributed by atoms with E-state index in [1.807, 2.05) is 0 Å². The molecular formula is C16H29N7O3. The van der Waals surface area contributed by atoms with Crippen LogP contribution in [0.4, 0.5) is 0 Å². The number of carboxylic acids is 1. The van der Waals surface area contributed by atoms with Crippen LogP contribution in [0.1, 0.15) is 49.9 Å². The molecule has 0 radical (unpaired) electrons. The lowest BCUT2D eigenvalue weighted by atomic mass is 10.1. The zero-order valence-corrected chi connectivity index (χ0v) is 15.0. The summed E-state index contributed by atoms with van der Waals surface area (Å²) in [5.41, 5.74) is 12.2. The van der Waals surface area contributed by atoms with Crippen LogP contribution in [-0.4, -0.2) is 69.6 Å². The van der Waals surface area contributed by atoms with Crippen molar-refractivity contribution in [3.8, 4) is 0 Å². The van der Waals surface area contributed by atoms with Crippen molar-refractivity contribution in [3.05, 3.63) is 11.9 Å². The third-order valence-corrected chi connectivity index (χ3v) is 4.54. The van der Waals surface area contributed by atoms with E-state index in [0.717, 1.165) is 32.4 Å². The van der Waals surface area contributed by atoms with E-state index in [-0.39, 0.29) is 24.8 Å². The smallest absolute Gasteiger partial charge is 0.303 e. The summed E-state index contributed by atoms with van der Waals surface area (Å²) in [6.07, 6.45) is 4.25. The molecule has 2 rings (SSSR count). The number of aliphatic carboxylic acids is 1. The lowest BCUT2D eigenvalue weighted by Gasteiger charge is -2.30. The molecule has 1 fully saturated rings. The first-order valence-corrected chi connectivity index (χ1v) is 9.11. The molecule has 10 heteroatoms. The number of carbonyl (C=O) groups is 2. The zero-order chi connectivity index (χ0) is 18.9. The summed E-state index contributed by atoms with van der Waals surface area (Å²) >= 11 is 0. The highest BCUT2D eigenvalue weighted by molar-refractivity contribution is 5.81. The molecule has 26 heavy (non-hydrogen) atoms.